The second-order valence-electron chi connectivity index (χ2n) is 5.59. The van der Waals surface area contributed by atoms with Crippen molar-refractivity contribution in [3.63, 3.8) is 0 Å². The molecular formula is C16H16FN5O3S. The first-order valence-electron chi connectivity index (χ1n) is 7.68. The third kappa shape index (κ3) is 3.28. The van der Waals surface area contributed by atoms with Crippen molar-refractivity contribution >= 4 is 10.0 Å². The zero-order valence-electron chi connectivity index (χ0n) is 14.0. The van der Waals surface area contributed by atoms with Crippen molar-refractivity contribution in [1.82, 2.24) is 19.3 Å². The Bertz CT molecular complexity index is 1150. The summed E-state index contributed by atoms with van der Waals surface area (Å²) in [6.45, 7) is 3.95. The number of nitrogens with zero attached hydrogens (tertiary/aromatic N) is 4. The molecule has 3 rings (SSSR count). The van der Waals surface area contributed by atoms with E-state index in [1.54, 1.807) is 19.2 Å². The van der Waals surface area contributed by atoms with Gasteiger partial charge in [-0.15, -0.1) is 0 Å². The lowest BCUT2D eigenvalue weighted by Gasteiger charge is -2.09. The Morgan fingerprint density at radius 2 is 1.96 bits per heavy atom. The van der Waals surface area contributed by atoms with Crippen molar-refractivity contribution in [2.24, 2.45) is 5.14 Å². The predicted octanol–water partition coefficient (Wildman–Crippen LogP) is 1.21. The second kappa shape index (κ2) is 6.46. The number of benzene rings is 1. The van der Waals surface area contributed by atoms with E-state index in [9.17, 15) is 17.6 Å². The summed E-state index contributed by atoms with van der Waals surface area (Å²) in [6, 6.07) is 6.16. The lowest BCUT2D eigenvalue weighted by atomic mass is 10.2. The molecule has 0 spiro atoms. The number of halogens is 1. The van der Waals surface area contributed by atoms with Crippen LogP contribution in [0, 0.1) is 12.7 Å². The van der Waals surface area contributed by atoms with Crippen molar-refractivity contribution < 1.29 is 12.8 Å². The van der Waals surface area contributed by atoms with Crippen LogP contribution >= 0.6 is 0 Å². The summed E-state index contributed by atoms with van der Waals surface area (Å²) in [7, 11) is -4.02. The molecule has 0 aliphatic heterocycles. The molecule has 10 heteroatoms. The minimum atomic E-state index is -4.02. The summed E-state index contributed by atoms with van der Waals surface area (Å²) in [5, 5.41) is 9.25. The van der Waals surface area contributed by atoms with Gasteiger partial charge in [0.25, 0.3) is 5.56 Å². The number of primary sulfonamides is 1. The minimum Gasteiger partial charge on any atom is -0.316 e. The highest BCUT2D eigenvalue weighted by Crippen LogP contribution is 2.24. The fraction of sp³-hybridized carbons (Fsp3) is 0.188. The van der Waals surface area contributed by atoms with Crippen molar-refractivity contribution in [2.45, 2.75) is 25.3 Å². The maximum Gasteiger partial charge on any atom is 0.251 e. The molecule has 0 saturated heterocycles. The Balaban J connectivity index is 2.23. The number of hydrogen-bond acceptors (Lipinski definition) is 5. The standard InChI is InChI=1S/C16H16FN5O3S/c1-3-21-7-6-11(8-15(21)23)16-19-10(2)20-22(16)14-9-12(26(18,24)25)4-5-13(14)17/h4-9H,3H2,1-2H3,(H2,18,24,25). The minimum absolute atomic E-state index is 0.133. The summed E-state index contributed by atoms with van der Waals surface area (Å²) >= 11 is 0. The Kier molecular flexibility index (Phi) is 4.46. The van der Waals surface area contributed by atoms with Crippen LogP contribution in [0.5, 0.6) is 0 Å². The van der Waals surface area contributed by atoms with Gasteiger partial charge in [-0.2, -0.15) is 5.10 Å². The highest BCUT2D eigenvalue weighted by molar-refractivity contribution is 7.89. The van der Waals surface area contributed by atoms with Crippen molar-refractivity contribution in [3.05, 3.63) is 58.5 Å². The van der Waals surface area contributed by atoms with Gasteiger partial charge in [-0.1, -0.05) is 0 Å². The van der Waals surface area contributed by atoms with E-state index in [0.29, 0.717) is 17.9 Å². The summed E-state index contributed by atoms with van der Waals surface area (Å²) < 4.78 is 40.2. The largest absolute Gasteiger partial charge is 0.316 e. The zero-order valence-corrected chi connectivity index (χ0v) is 14.9. The van der Waals surface area contributed by atoms with Gasteiger partial charge in [0, 0.05) is 24.4 Å². The first kappa shape index (κ1) is 18.0. The molecule has 2 aromatic heterocycles. The van der Waals surface area contributed by atoms with Gasteiger partial charge in [-0.05, 0) is 38.1 Å². The molecule has 2 N–H and O–H groups in total. The van der Waals surface area contributed by atoms with Gasteiger partial charge in [-0.25, -0.2) is 27.6 Å². The molecule has 0 aliphatic rings. The van der Waals surface area contributed by atoms with Gasteiger partial charge in [0.1, 0.15) is 17.3 Å². The maximum absolute atomic E-state index is 14.4. The zero-order chi connectivity index (χ0) is 19.1. The van der Waals surface area contributed by atoms with Gasteiger partial charge in [0.15, 0.2) is 5.82 Å². The van der Waals surface area contributed by atoms with E-state index in [1.165, 1.54) is 10.6 Å². The van der Waals surface area contributed by atoms with E-state index < -0.39 is 15.8 Å². The third-order valence-electron chi connectivity index (χ3n) is 3.78. The molecule has 136 valence electrons. The number of nitrogens with two attached hydrogens (primary N) is 1. The van der Waals surface area contributed by atoms with Crippen LogP contribution in [-0.4, -0.2) is 27.7 Å². The van der Waals surface area contributed by atoms with Crippen LogP contribution in [0.2, 0.25) is 0 Å². The highest BCUT2D eigenvalue weighted by atomic mass is 32.2. The van der Waals surface area contributed by atoms with Gasteiger partial charge >= 0.3 is 0 Å². The fourth-order valence-electron chi connectivity index (χ4n) is 2.51. The van der Waals surface area contributed by atoms with Gasteiger partial charge in [0.05, 0.1) is 4.90 Å². The van der Waals surface area contributed by atoms with Crippen LogP contribution in [0.3, 0.4) is 0 Å². The number of aromatic nitrogens is 4. The monoisotopic (exact) mass is 377 g/mol. The number of pyridine rings is 1. The Labute approximate surface area is 148 Å². The Morgan fingerprint density at radius 1 is 1.23 bits per heavy atom. The molecule has 0 radical (unpaired) electrons. The predicted molar refractivity (Wildman–Crippen MR) is 92.8 cm³/mol. The molecule has 0 saturated carbocycles. The number of sulfonamides is 1. The van der Waals surface area contributed by atoms with E-state index in [2.05, 4.69) is 10.1 Å². The van der Waals surface area contributed by atoms with Crippen molar-refractivity contribution in [2.75, 3.05) is 0 Å². The summed E-state index contributed by atoms with van der Waals surface area (Å²) in [5.74, 6) is -0.154. The normalized spacial score (nSPS) is 11.7. The average molecular weight is 377 g/mol. The molecule has 8 nitrogen and oxygen atoms in total. The molecule has 0 fully saturated rings. The molecule has 0 bridgehead atoms. The lowest BCUT2D eigenvalue weighted by molar-refractivity contribution is 0.594. The summed E-state index contributed by atoms with van der Waals surface area (Å²) in [5.41, 5.74) is 0.0588. The third-order valence-corrected chi connectivity index (χ3v) is 4.69. The van der Waals surface area contributed by atoms with Crippen LogP contribution < -0.4 is 10.7 Å². The van der Waals surface area contributed by atoms with Crippen LogP contribution in [0.15, 0.2) is 46.2 Å². The summed E-state index contributed by atoms with van der Waals surface area (Å²) in [6.07, 6.45) is 1.60. The maximum atomic E-state index is 14.4. The molecule has 2 heterocycles. The first-order chi connectivity index (χ1) is 12.2. The molecule has 0 aliphatic carbocycles. The van der Waals surface area contributed by atoms with Crippen molar-refractivity contribution in [3.8, 4) is 17.1 Å². The van der Waals surface area contributed by atoms with Gasteiger partial charge < -0.3 is 4.57 Å². The topological polar surface area (TPSA) is 113 Å². The molecule has 26 heavy (non-hydrogen) atoms. The molecule has 0 amide bonds. The number of rotatable bonds is 4. The first-order valence-corrected chi connectivity index (χ1v) is 9.22. The van der Waals surface area contributed by atoms with Crippen LogP contribution in [0.1, 0.15) is 12.7 Å². The van der Waals surface area contributed by atoms with Crippen LogP contribution in [0.25, 0.3) is 17.1 Å². The Morgan fingerprint density at radius 3 is 2.58 bits per heavy atom. The SMILES string of the molecule is CCn1ccc(-c2nc(C)nn2-c2cc(S(N)(=O)=O)ccc2F)cc1=O. The van der Waals surface area contributed by atoms with E-state index >= 15 is 0 Å². The van der Waals surface area contributed by atoms with Crippen LogP contribution in [-0.2, 0) is 16.6 Å². The van der Waals surface area contributed by atoms with E-state index in [4.69, 9.17) is 5.14 Å². The molecular weight excluding hydrogens is 361 g/mol. The molecule has 0 unspecified atom stereocenters. The molecule has 3 aromatic rings. The fourth-order valence-corrected chi connectivity index (χ4v) is 3.04. The molecule has 1 aromatic carbocycles. The van der Waals surface area contributed by atoms with E-state index in [0.717, 1.165) is 22.9 Å². The number of hydrogen-bond donors (Lipinski definition) is 1. The lowest BCUT2D eigenvalue weighted by Crippen LogP contribution is -2.17. The quantitative estimate of drug-likeness (QED) is 0.734. The summed E-state index contributed by atoms with van der Waals surface area (Å²) in [4.78, 5) is 16.1. The second-order valence-corrected chi connectivity index (χ2v) is 7.15. The van der Waals surface area contributed by atoms with E-state index in [1.807, 2.05) is 6.92 Å². The van der Waals surface area contributed by atoms with E-state index in [-0.39, 0.29) is 22.0 Å². The average Bonchev–Trinajstić information content (AvgIpc) is 2.95. The number of aryl methyl sites for hydroxylation is 2. The Hall–Kier alpha value is -2.85. The van der Waals surface area contributed by atoms with Gasteiger partial charge in [0.2, 0.25) is 10.0 Å². The van der Waals surface area contributed by atoms with Crippen LogP contribution in [0.4, 0.5) is 4.39 Å². The van der Waals surface area contributed by atoms with Crippen molar-refractivity contribution in [1.29, 1.82) is 0 Å². The smallest absolute Gasteiger partial charge is 0.251 e. The highest BCUT2D eigenvalue weighted by Gasteiger charge is 2.18. The molecule has 0 atom stereocenters. The van der Waals surface area contributed by atoms with Gasteiger partial charge in [-0.3, -0.25) is 4.79 Å².